The van der Waals surface area contributed by atoms with Crippen molar-refractivity contribution in [2.75, 3.05) is 7.11 Å². The second-order valence-electron chi connectivity index (χ2n) is 4.12. The Morgan fingerprint density at radius 3 is 2.72 bits per heavy atom. The lowest BCUT2D eigenvalue weighted by Gasteiger charge is -2.15. The first-order valence-electron chi connectivity index (χ1n) is 5.95. The molecule has 0 aliphatic rings. The first-order chi connectivity index (χ1) is 8.67. The number of rotatable bonds is 4. The summed E-state index contributed by atoms with van der Waals surface area (Å²) in [7, 11) is 1.63. The van der Waals surface area contributed by atoms with E-state index in [1.54, 1.807) is 19.5 Å². The van der Waals surface area contributed by atoms with Crippen molar-refractivity contribution in [1.29, 1.82) is 0 Å². The summed E-state index contributed by atoms with van der Waals surface area (Å²) in [6.45, 7) is 4.73. The monoisotopic (exact) mass is 246 g/mol. The van der Waals surface area contributed by atoms with Crippen LogP contribution in [0.15, 0.2) is 24.5 Å². The molecule has 2 N–H and O–H groups in total. The zero-order valence-electron chi connectivity index (χ0n) is 10.9. The average Bonchev–Trinajstić information content (AvgIpc) is 2.81. The number of ether oxygens (including phenoxy) is 1. The van der Waals surface area contributed by atoms with Crippen LogP contribution in [0.4, 0.5) is 0 Å². The summed E-state index contributed by atoms with van der Waals surface area (Å²) in [4.78, 5) is 4.27. The molecule has 0 spiro atoms. The third-order valence-electron chi connectivity index (χ3n) is 2.95. The minimum Gasteiger partial charge on any atom is -0.493 e. The van der Waals surface area contributed by atoms with Crippen molar-refractivity contribution in [2.24, 2.45) is 5.73 Å². The third-order valence-corrected chi connectivity index (χ3v) is 2.95. The van der Waals surface area contributed by atoms with E-state index < -0.39 is 0 Å². The number of pyridine rings is 1. The molecule has 5 heteroatoms. The van der Waals surface area contributed by atoms with Crippen LogP contribution in [-0.2, 0) is 6.54 Å². The van der Waals surface area contributed by atoms with Gasteiger partial charge >= 0.3 is 0 Å². The van der Waals surface area contributed by atoms with Gasteiger partial charge in [-0.2, -0.15) is 5.10 Å². The molecular formula is C13H18N4O. The lowest BCUT2D eigenvalue weighted by Crippen LogP contribution is -2.18. The zero-order valence-corrected chi connectivity index (χ0v) is 10.9. The van der Waals surface area contributed by atoms with Gasteiger partial charge in [0.1, 0.15) is 5.69 Å². The van der Waals surface area contributed by atoms with E-state index in [0.717, 1.165) is 23.5 Å². The summed E-state index contributed by atoms with van der Waals surface area (Å²) in [5, 5.41) is 4.26. The molecule has 0 aliphatic heterocycles. The van der Waals surface area contributed by atoms with Crippen molar-refractivity contribution in [2.45, 2.75) is 26.4 Å². The molecule has 1 unspecified atom stereocenters. The highest BCUT2D eigenvalue weighted by Crippen LogP contribution is 2.27. The van der Waals surface area contributed by atoms with E-state index in [9.17, 15) is 0 Å². The van der Waals surface area contributed by atoms with Crippen LogP contribution in [0.1, 0.15) is 29.9 Å². The van der Waals surface area contributed by atoms with Gasteiger partial charge in [0.25, 0.3) is 0 Å². The maximum Gasteiger partial charge on any atom is 0.161 e. The fraction of sp³-hybridized carbons (Fsp3) is 0.385. The predicted molar refractivity (Wildman–Crippen MR) is 69.5 cm³/mol. The Kier molecular flexibility index (Phi) is 3.62. The van der Waals surface area contributed by atoms with Gasteiger partial charge < -0.3 is 10.5 Å². The van der Waals surface area contributed by atoms with Crippen LogP contribution in [0, 0.1) is 6.92 Å². The molecule has 5 nitrogen and oxygen atoms in total. The van der Waals surface area contributed by atoms with Gasteiger partial charge in [-0.25, -0.2) is 0 Å². The molecule has 2 aromatic rings. The molecule has 2 heterocycles. The Balaban J connectivity index is 2.41. The Hall–Kier alpha value is -1.88. The second kappa shape index (κ2) is 5.18. The van der Waals surface area contributed by atoms with E-state index in [2.05, 4.69) is 10.1 Å². The Morgan fingerprint density at radius 1 is 1.39 bits per heavy atom. The highest BCUT2D eigenvalue weighted by molar-refractivity contribution is 5.35. The molecule has 2 aromatic heterocycles. The zero-order chi connectivity index (χ0) is 13.1. The van der Waals surface area contributed by atoms with Gasteiger partial charge in [0.2, 0.25) is 0 Å². The lowest BCUT2D eigenvalue weighted by molar-refractivity contribution is 0.404. The Morgan fingerprint density at radius 2 is 2.17 bits per heavy atom. The van der Waals surface area contributed by atoms with Crippen LogP contribution >= 0.6 is 0 Å². The maximum atomic E-state index is 6.28. The molecule has 0 aromatic carbocycles. The minimum absolute atomic E-state index is 0.282. The molecule has 96 valence electrons. The first kappa shape index (κ1) is 12.6. The molecule has 0 amide bonds. The molecule has 0 saturated carbocycles. The minimum atomic E-state index is -0.282. The molecule has 0 fully saturated rings. The number of aromatic nitrogens is 3. The van der Waals surface area contributed by atoms with Crippen LogP contribution in [0.5, 0.6) is 5.75 Å². The second-order valence-corrected chi connectivity index (χ2v) is 4.12. The van der Waals surface area contributed by atoms with Crippen LogP contribution < -0.4 is 10.5 Å². The fourth-order valence-corrected chi connectivity index (χ4v) is 1.92. The summed E-state index contributed by atoms with van der Waals surface area (Å²) in [5.41, 5.74) is 9.09. The Bertz CT molecular complexity index is 497. The molecule has 2 rings (SSSR count). The van der Waals surface area contributed by atoms with Gasteiger partial charge in [-0.3, -0.25) is 9.67 Å². The summed E-state index contributed by atoms with van der Waals surface area (Å²) < 4.78 is 7.16. The standard InChI is InChI=1S/C13H18N4O/c1-4-17-13(11(18-3)8-16-17)12(14)10-6-5-9(2)15-7-10/h5-8,12H,4,14H2,1-3H3. The number of hydrogen-bond donors (Lipinski definition) is 1. The highest BCUT2D eigenvalue weighted by atomic mass is 16.5. The van der Waals surface area contributed by atoms with Crippen molar-refractivity contribution in [3.05, 3.63) is 41.5 Å². The lowest BCUT2D eigenvalue weighted by atomic mass is 10.1. The first-order valence-corrected chi connectivity index (χ1v) is 5.95. The van der Waals surface area contributed by atoms with Crippen molar-refractivity contribution in [3.63, 3.8) is 0 Å². The highest BCUT2D eigenvalue weighted by Gasteiger charge is 2.19. The number of hydrogen-bond acceptors (Lipinski definition) is 4. The molecule has 0 aliphatic carbocycles. The number of nitrogens with zero attached hydrogens (tertiary/aromatic N) is 3. The van der Waals surface area contributed by atoms with E-state index in [1.807, 2.05) is 30.7 Å². The summed E-state index contributed by atoms with van der Waals surface area (Å²) >= 11 is 0. The van der Waals surface area contributed by atoms with E-state index in [-0.39, 0.29) is 6.04 Å². The van der Waals surface area contributed by atoms with Gasteiger partial charge in [0.05, 0.1) is 19.3 Å². The van der Waals surface area contributed by atoms with Crippen LogP contribution in [-0.4, -0.2) is 21.9 Å². The SMILES string of the molecule is CCn1ncc(OC)c1C(N)c1ccc(C)nc1. The van der Waals surface area contributed by atoms with E-state index in [0.29, 0.717) is 5.75 Å². The molecule has 0 saturated heterocycles. The summed E-state index contributed by atoms with van der Waals surface area (Å²) in [5.74, 6) is 0.713. The topological polar surface area (TPSA) is 66.0 Å². The van der Waals surface area contributed by atoms with Crippen LogP contribution in [0.25, 0.3) is 0 Å². The predicted octanol–water partition coefficient (Wildman–Crippen LogP) is 1.66. The van der Waals surface area contributed by atoms with E-state index in [1.165, 1.54) is 0 Å². The number of aryl methyl sites for hydroxylation is 2. The maximum absolute atomic E-state index is 6.28. The molecule has 0 radical (unpaired) electrons. The van der Waals surface area contributed by atoms with Crippen LogP contribution in [0.2, 0.25) is 0 Å². The third kappa shape index (κ3) is 2.22. The smallest absolute Gasteiger partial charge is 0.161 e. The Labute approximate surface area is 107 Å². The molecule has 18 heavy (non-hydrogen) atoms. The normalized spacial score (nSPS) is 12.4. The van der Waals surface area contributed by atoms with Crippen molar-refractivity contribution < 1.29 is 4.74 Å². The van der Waals surface area contributed by atoms with Gasteiger partial charge in [-0.15, -0.1) is 0 Å². The van der Waals surface area contributed by atoms with Gasteiger partial charge in [0.15, 0.2) is 5.75 Å². The van der Waals surface area contributed by atoms with Gasteiger partial charge in [-0.1, -0.05) is 6.07 Å². The summed E-state index contributed by atoms with van der Waals surface area (Å²) in [6.07, 6.45) is 3.49. The molecular weight excluding hydrogens is 228 g/mol. The molecule has 1 atom stereocenters. The van der Waals surface area contributed by atoms with Crippen molar-refractivity contribution in [3.8, 4) is 5.75 Å². The average molecular weight is 246 g/mol. The van der Waals surface area contributed by atoms with Crippen LogP contribution in [0.3, 0.4) is 0 Å². The van der Waals surface area contributed by atoms with E-state index >= 15 is 0 Å². The number of methoxy groups -OCH3 is 1. The number of nitrogens with two attached hydrogens (primary N) is 1. The summed E-state index contributed by atoms with van der Waals surface area (Å²) in [6, 6.07) is 3.66. The van der Waals surface area contributed by atoms with Crippen molar-refractivity contribution in [1.82, 2.24) is 14.8 Å². The quantitative estimate of drug-likeness (QED) is 0.891. The largest absolute Gasteiger partial charge is 0.493 e. The van der Waals surface area contributed by atoms with Crippen molar-refractivity contribution >= 4 is 0 Å². The van der Waals surface area contributed by atoms with Gasteiger partial charge in [0, 0.05) is 18.4 Å². The fourth-order valence-electron chi connectivity index (χ4n) is 1.92. The van der Waals surface area contributed by atoms with Gasteiger partial charge in [-0.05, 0) is 25.5 Å². The molecule has 0 bridgehead atoms. The van der Waals surface area contributed by atoms with E-state index in [4.69, 9.17) is 10.5 Å².